The number of hydrogen-bond acceptors (Lipinski definition) is 4. The minimum absolute atomic E-state index is 0.0390. The minimum Gasteiger partial charge on any atom is -0.389 e. The highest BCUT2D eigenvalue weighted by atomic mass is 32.2. The van der Waals surface area contributed by atoms with Gasteiger partial charge in [0.05, 0.1) is 5.75 Å². The molecule has 0 saturated heterocycles. The summed E-state index contributed by atoms with van der Waals surface area (Å²) in [5.41, 5.74) is 6.94. The second kappa shape index (κ2) is 9.09. The number of sulfonamides is 1. The maximum Gasteiger partial charge on any atom is 0.215 e. The van der Waals surface area contributed by atoms with Crippen molar-refractivity contribution in [2.75, 3.05) is 20.3 Å². The Kier molecular flexibility index (Phi) is 7.81. The molecule has 0 amide bonds. The Morgan fingerprint density at radius 2 is 1.90 bits per heavy atom. The lowest BCUT2D eigenvalue weighted by Gasteiger charge is -2.07. The van der Waals surface area contributed by atoms with Crippen molar-refractivity contribution in [3.8, 4) is 0 Å². The lowest BCUT2D eigenvalue weighted by Crippen LogP contribution is -2.26. The molecule has 0 bridgehead atoms. The van der Waals surface area contributed by atoms with Gasteiger partial charge in [-0.05, 0) is 24.8 Å². The van der Waals surface area contributed by atoms with E-state index in [-0.39, 0.29) is 5.75 Å². The maximum absolute atomic E-state index is 11.9. The SMILES string of the molecule is COCCCCCNS(=O)(=O)Cc1ccc(C(N)=S)cc1. The van der Waals surface area contributed by atoms with E-state index in [9.17, 15) is 8.42 Å². The maximum atomic E-state index is 11.9. The topological polar surface area (TPSA) is 81.4 Å². The number of methoxy groups -OCH3 is 1. The Bertz CT molecular complexity index is 542. The Labute approximate surface area is 131 Å². The molecule has 0 aliphatic heterocycles. The van der Waals surface area contributed by atoms with Gasteiger partial charge in [0.15, 0.2) is 0 Å². The van der Waals surface area contributed by atoms with Crippen molar-refractivity contribution < 1.29 is 13.2 Å². The Hall–Kier alpha value is -1.02. The van der Waals surface area contributed by atoms with E-state index in [4.69, 9.17) is 22.7 Å². The Morgan fingerprint density at radius 1 is 1.24 bits per heavy atom. The van der Waals surface area contributed by atoms with Gasteiger partial charge in [0, 0.05) is 25.8 Å². The standard InChI is InChI=1S/C14H22N2O3S2/c1-19-10-4-2-3-9-16-21(17,18)11-12-5-7-13(8-6-12)14(15)20/h5-8,16H,2-4,9-11H2,1H3,(H2,15,20). The van der Waals surface area contributed by atoms with E-state index in [0.717, 1.165) is 24.8 Å². The Balaban J connectivity index is 2.39. The number of thiocarbonyl (C=S) groups is 1. The van der Waals surface area contributed by atoms with Gasteiger partial charge in [-0.2, -0.15) is 0 Å². The van der Waals surface area contributed by atoms with Crippen LogP contribution < -0.4 is 10.5 Å². The van der Waals surface area contributed by atoms with Crippen molar-refractivity contribution in [3.05, 3.63) is 35.4 Å². The first-order valence-corrected chi connectivity index (χ1v) is 8.85. The molecular formula is C14H22N2O3S2. The predicted molar refractivity (Wildman–Crippen MR) is 88.7 cm³/mol. The second-order valence-electron chi connectivity index (χ2n) is 4.77. The fourth-order valence-corrected chi connectivity index (χ4v) is 3.14. The van der Waals surface area contributed by atoms with Gasteiger partial charge in [-0.15, -0.1) is 0 Å². The van der Waals surface area contributed by atoms with Crippen LogP contribution in [0.25, 0.3) is 0 Å². The van der Waals surface area contributed by atoms with Gasteiger partial charge in [-0.3, -0.25) is 0 Å². The van der Waals surface area contributed by atoms with Gasteiger partial charge in [0.2, 0.25) is 10.0 Å². The summed E-state index contributed by atoms with van der Waals surface area (Å²) >= 11 is 4.85. The zero-order chi connectivity index (χ0) is 15.7. The lowest BCUT2D eigenvalue weighted by molar-refractivity contribution is 0.192. The summed E-state index contributed by atoms with van der Waals surface area (Å²) in [6.07, 6.45) is 2.70. The number of benzene rings is 1. The van der Waals surface area contributed by atoms with Crippen LogP contribution in [0.3, 0.4) is 0 Å². The molecule has 0 atom stereocenters. The first-order chi connectivity index (χ1) is 9.94. The van der Waals surface area contributed by atoms with E-state index in [1.165, 1.54) is 0 Å². The number of nitrogens with two attached hydrogens (primary N) is 1. The van der Waals surface area contributed by atoms with Gasteiger partial charge in [0.1, 0.15) is 4.99 Å². The summed E-state index contributed by atoms with van der Waals surface area (Å²) in [5.74, 6) is -0.0390. The molecule has 0 aromatic heterocycles. The number of hydrogen-bond donors (Lipinski definition) is 2. The van der Waals surface area contributed by atoms with Crippen molar-refractivity contribution in [1.29, 1.82) is 0 Å². The molecule has 0 aliphatic rings. The van der Waals surface area contributed by atoms with Crippen LogP contribution >= 0.6 is 12.2 Å². The molecule has 3 N–H and O–H groups in total. The molecule has 0 saturated carbocycles. The molecule has 1 aromatic carbocycles. The largest absolute Gasteiger partial charge is 0.389 e. The van der Waals surface area contributed by atoms with E-state index in [1.54, 1.807) is 31.4 Å². The summed E-state index contributed by atoms with van der Waals surface area (Å²) in [6.45, 7) is 1.17. The summed E-state index contributed by atoms with van der Waals surface area (Å²) in [4.78, 5) is 0.304. The van der Waals surface area contributed by atoms with Crippen molar-refractivity contribution >= 4 is 27.2 Å². The zero-order valence-corrected chi connectivity index (χ0v) is 13.8. The molecule has 0 aliphatic carbocycles. The third kappa shape index (κ3) is 7.52. The molecule has 0 unspecified atom stereocenters. The first kappa shape index (κ1) is 18.0. The van der Waals surface area contributed by atoms with Crippen molar-refractivity contribution in [1.82, 2.24) is 4.72 Å². The van der Waals surface area contributed by atoms with Crippen LogP contribution in [0.1, 0.15) is 30.4 Å². The van der Waals surface area contributed by atoms with Crippen molar-refractivity contribution in [2.24, 2.45) is 5.73 Å². The molecule has 0 heterocycles. The molecular weight excluding hydrogens is 308 g/mol. The van der Waals surface area contributed by atoms with Crippen molar-refractivity contribution in [2.45, 2.75) is 25.0 Å². The van der Waals surface area contributed by atoms with Crippen LogP contribution in [0.5, 0.6) is 0 Å². The average molecular weight is 330 g/mol. The van der Waals surface area contributed by atoms with Crippen LogP contribution in [0.15, 0.2) is 24.3 Å². The highest BCUT2D eigenvalue weighted by molar-refractivity contribution is 7.88. The molecule has 21 heavy (non-hydrogen) atoms. The molecule has 7 heteroatoms. The zero-order valence-electron chi connectivity index (χ0n) is 12.2. The number of unbranched alkanes of at least 4 members (excludes halogenated alkanes) is 2. The van der Waals surface area contributed by atoms with Crippen LogP contribution in [0.4, 0.5) is 0 Å². The Morgan fingerprint density at radius 3 is 2.48 bits per heavy atom. The van der Waals surface area contributed by atoms with Gasteiger partial charge >= 0.3 is 0 Å². The molecule has 0 radical (unpaired) electrons. The summed E-state index contributed by atoms with van der Waals surface area (Å²) in [5, 5.41) is 0. The third-order valence-corrected chi connectivity index (χ3v) is 4.54. The third-order valence-electron chi connectivity index (χ3n) is 2.94. The minimum atomic E-state index is -3.31. The first-order valence-electron chi connectivity index (χ1n) is 6.79. The lowest BCUT2D eigenvalue weighted by atomic mass is 10.1. The van der Waals surface area contributed by atoms with E-state index >= 15 is 0 Å². The monoisotopic (exact) mass is 330 g/mol. The predicted octanol–water partition coefficient (Wildman–Crippen LogP) is 1.56. The van der Waals surface area contributed by atoms with Crippen LogP contribution in [-0.4, -0.2) is 33.7 Å². The van der Waals surface area contributed by atoms with Crippen LogP contribution in [0, 0.1) is 0 Å². The van der Waals surface area contributed by atoms with Gasteiger partial charge in [-0.1, -0.05) is 36.5 Å². The van der Waals surface area contributed by atoms with Gasteiger partial charge in [0.25, 0.3) is 0 Å². The quantitative estimate of drug-likeness (QED) is 0.502. The average Bonchev–Trinajstić information content (AvgIpc) is 2.43. The van der Waals surface area contributed by atoms with E-state index < -0.39 is 10.0 Å². The highest BCUT2D eigenvalue weighted by Gasteiger charge is 2.10. The van der Waals surface area contributed by atoms with Crippen molar-refractivity contribution in [3.63, 3.8) is 0 Å². The fraction of sp³-hybridized carbons (Fsp3) is 0.500. The number of rotatable bonds is 10. The fourth-order valence-electron chi connectivity index (χ4n) is 1.81. The van der Waals surface area contributed by atoms with E-state index in [1.807, 2.05) is 0 Å². The smallest absolute Gasteiger partial charge is 0.215 e. The molecule has 0 spiro atoms. The number of nitrogens with one attached hydrogen (secondary N) is 1. The van der Waals surface area contributed by atoms with E-state index in [0.29, 0.717) is 23.7 Å². The van der Waals surface area contributed by atoms with E-state index in [2.05, 4.69) is 4.72 Å². The summed E-state index contributed by atoms with van der Waals surface area (Å²) in [6, 6.07) is 6.93. The van der Waals surface area contributed by atoms with Crippen LogP contribution in [-0.2, 0) is 20.5 Å². The highest BCUT2D eigenvalue weighted by Crippen LogP contribution is 2.08. The van der Waals surface area contributed by atoms with Gasteiger partial charge in [-0.25, -0.2) is 13.1 Å². The molecule has 118 valence electrons. The molecule has 1 aromatic rings. The number of ether oxygens (including phenoxy) is 1. The molecule has 1 rings (SSSR count). The van der Waals surface area contributed by atoms with Gasteiger partial charge < -0.3 is 10.5 Å². The summed E-state index contributed by atoms with van der Waals surface area (Å²) in [7, 11) is -1.65. The van der Waals surface area contributed by atoms with Crippen LogP contribution in [0.2, 0.25) is 0 Å². The normalized spacial score (nSPS) is 11.5. The molecule has 5 nitrogen and oxygen atoms in total. The summed E-state index contributed by atoms with van der Waals surface area (Å²) < 4.78 is 31.4. The second-order valence-corrected chi connectivity index (χ2v) is 7.01. The molecule has 0 fully saturated rings.